The van der Waals surface area contributed by atoms with Crippen LogP contribution in [-0.4, -0.2) is 84.4 Å². The molecule has 34 heavy (non-hydrogen) atoms. The topological polar surface area (TPSA) is 107 Å². The number of pyridine rings is 1. The zero-order valence-corrected chi connectivity index (χ0v) is 21.6. The molecule has 6 heterocycles. The zero-order chi connectivity index (χ0) is 23.4. The van der Waals surface area contributed by atoms with Gasteiger partial charge in [0.25, 0.3) is 0 Å². The number of fused-ring (bicyclic) bond motifs is 1. The van der Waals surface area contributed by atoms with Gasteiger partial charge >= 0.3 is 0 Å². The molecule has 0 amide bonds. The van der Waals surface area contributed by atoms with Gasteiger partial charge in [-0.15, -0.1) is 0 Å². The summed E-state index contributed by atoms with van der Waals surface area (Å²) in [6.07, 6.45) is 5.06. The van der Waals surface area contributed by atoms with E-state index in [0.29, 0.717) is 37.1 Å². The van der Waals surface area contributed by atoms with Crippen molar-refractivity contribution in [1.29, 1.82) is 0 Å². The minimum Gasteiger partial charge on any atom is -0.352 e. The molecule has 0 bridgehead atoms. The van der Waals surface area contributed by atoms with E-state index in [9.17, 15) is 8.42 Å². The predicted octanol–water partition coefficient (Wildman–Crippen LogP) is 0.365. The van der Waals surface area contributed by atoms with Crippen molar-refractivity contribution in [2.45, 2.75) is 30.6 Å². The molecule has 0 aromatic carbocycles. The Labute approximate surface area is 208 Å². The van der Waals surface area contributed by atoms with Crippen molar-refractivity contribution in [1.82, 2.24) is 35.8 Å². The first kappa shape index (κ1) is 22.9. The van der Waals surface area contributed by atoms with Crippen LogP contribution in [0, 0.1) is 5.92 Å². The van der Waals surface area contributed by atoms with Crippen LogP contribution in [0.15, 0.2) is 29.0 Å². The molecule has 6 rings (SSSR count). The van der Waals surface area contributed by atoms with Gasteiger partial charge in [0, 0.05) is 75.6 Å². The maximum absolute atomic E-state index is 11.7. The summed E-state index contributed by atoms with van der Waals surface area (Å²) >= 11 is 3.70. The van der Waals surface area contributed by atoms with E-state index in [1.165, 1.54) is 5.56 Å². The number of nitrogens with one attached hydrogen (secondary N) is 3. The van der Waals surface area contributed by atoms with Crippen LogP contribution in [0.5, 0.6) is 0 Å². The van der Waals surface area contributed by atoms with E-state index in [-0.39, 0.29) is 17.5 Å². The fourth-order valence-corrected chi connectivity index (χ4v) is 7.43. The molecule has 4 unspecified atom stereocenters. The van der Waals surface area contributed by atoms with Crippen molar-refractivity contribution < 1.29 is 8.42 Å². The van der Waals surface area contributed by atoms with E-state index in [1.54, 1.807) is 0 Å². The molecule has 2 aromatic heterocycles. The molecule has 0 spiro atoms. The highest BCUT2D eigenvalue weighted by Crippen LogP contribution is 2.39. The first-order valence-corrected chi connectivity index (χ1v) is 14.6. The Kier molecular flexibility index (Phi) is 5.93. The van der Waals surface area contributed by atoms with E-state index < -0.39 is 9.84 Å². The second-order valence-corrected chi connectivity index (χ2v) is 13.1. The maximum Gasteiger partial charge on any atom is 0.152 e. The number of nitrogens with zero attached hydrogens (tertiary/aromatic N) is 5. The van der Waals surface area contributed by atoms with Gasteiger partial charge in [0.15, 0.2) is 9.84 Å². The molecule has 4 fully saturated rings. The molecular formula is C22H31BrN8O2S. The Morgan fingerprint density at radius 3 is 2.68 bits per heavy atom. The smallest absolute Gasteiger partial charge is 0.152 e. The second-order valence-electron chi connectivity index (χ2n) is 9.97. The number of hydrogen-bond donors (Lipinski definition) is 3. The number of rotatable bonds is 4. The minimum absolute atomic E-state index is 0.141. The predicted molar refractivity (Wildman–Crippen MR) is 133 cm³/mol. The van der Waals surface area contributed by atoms with Crippen LogP contribution in [0.4, 0.5) is 5.82 Å². The molecule has 4 aliphatic heterocycles. The summed E-state index contributed by atoms with van der Waals surface area (Å²) in [4.78, 5) is 9.71. The van der Waals surface area contributed by atoms with Gasteiger partial charge in [0.1, 0.15) is 5.82 Å². The van der Waals surface area contributed by atoms with Crippen molar-refractivity contribution in [3.8, 4) is 0 Å². The van der Waals surface area contributed by atoms with Crippen LogP contribution in [0.1, 0.15) is 29.8 Å². The Morgan fingerprint density at radius 2 is 1.94 bits per heavy atom. The molecule has 4 saturated heterocycles. The summed E-state index contributed by atoms with van der Waals surface area (Å²) in [7, 11) is -0.893. The molecule has 12 heteroatoms. The van der Waals surface area contributed by atoms with Crippen LogP contribution < -0.4 is 21.1 Å². The molecule has 4 atom stereocenters. The highest BCUT2D eigenvalue weighted by atomic mass is 79.9. The summed E-state index contributed by atoms with van der Waals surface area (Å²) in [6.45, 7) is 3.94. The molecule has 4 aliphatic rings. The van der Waals surface area contributed by atoms with Crippen LogP contribution >= 0.6 is 15.9 Å². The van der Waals surface area contributed by atoms with Gasteiger partial charge in [0.05, 0.1) is 33.9 Å². The first-order chi connectivity index (χ1) is 16.4. The number of sulfone groups is 1. The van der Waals surface area contributed by atoms with E-state index in [0.717, 1.165) is 42.0 Å². The van der Waals surface area contributed by atoms with Gasteiger partial charge < -0.3 is 10.2 Å². The first-order valence-electron chi connectivity index (χ1n) is 12.0. The lowest BCUT2D eigenvalue weighted by Gasteiger charge is -2.47. The third-order valence-electron chi connectivity index (χ3n) is 7.81. The van der Waals surface area contributed by atoms with E-state index >= 15 is 0 Å². The quantitative estimate of drug-likeness (QED) is 0.497. The van der Waals surface area contributed by atoms with Crippen LogP contribution in [0.25, 0.3) is 0 Å². The summed E-state index contributed by atoms with van der Waals surface area (Å²) in [6, 6.07) is 5.40. The summed E-state index contributed by atoms with van der Waals surface area (Å²) in [5.41, 5.74) is 9.27. The Bertz CT molecular complexity index is 1150. The van der Waals surface area contributed by atoms with Gasteiger partial charge in [-0.2, -0.15) is 5.10 Å². The number of hydrazine groups is 1. The number of aromatic nitrogens is 3. The standard InChI is InChI=1S/C22H31BrN8O2S/c1-29-11-14(9-25-29)19-8-16-20(10-24-19)27-28-21(16)18-3-2-17(23)22(26-18)31-12-15(13-31)30-4-6-34(32,33)7-5-30/h2-3,9,11,15-16,19-21,24,27-28H,4-8,10,12-13H2,1H3. The average Bonchev–Trinajstić information content (AvgIpc) is 3.41. The van der Waals surface area contributed by atoms with E-state index in [1.807, 2.05) is 17.9 Å². The number of hydrogen-bond acceptors (Lipinski definition) is 9. The van der Waals surface area contributed by atoms with E-state index in [4.69, 9.17) is 4.98 Å². The molecule has 184 valence electrons. The van der Waals surface area contributed by atoms with Crippen molar-refractivity contribution >= 4 is 31.6 Å². The largest absolute Gasteiger partial charge is 0.352 e. The monoisotopic (exact) mass is 550 g/mol. The van der Waals surface area contributed by atoms with Gasteiger partial charge in [-0.25, -0.2) is 18.8 Å². The number of aryl methyl sites for hydroxylation is 1. The average molecular weight is 552 g/mol. The molecule has 3 N–H and O–H groups in total. The fraction of sp³-hybridized carbons (Fsp3) is 0.636. The van der Waals surface area contributed by atoms with Gasteiger partial charge in [-0.05, 0) is 34.5 Å². The number of anilines is 1. The van der Waals surface area contributed by atoms with Crippen molar-refractivity contribution in [2.24, 2.45) is 13.0 Å². The third kappa shape index (κ3) is 4.28. The Hall–Kier alpha value is -1.57. The van der Waals surface area contributed by atoms with Gasteiger partial charge in [-0.1, -0.05) is 0 Å². The summed E-state index contributed by atoms with van der Waals surface area (Å²) in [5.74, 6) is 1.95. The lowest BCUT2D eigenvalue weighted by molar-refractivity contribution is 0.179. The van der Waals surface area contributed by atoms with Crippen molar-refractivity contribution in [3.63, 3.8) is 0 Å². The highest BCUT2D eigenvalue weighted by molar-refractivity contribution is 9.10. The van der Waals surface area contributed by atoms with E-state index in [2.05, 4.69) is 65.3 Å². The zero-order valence-electron chi connectivity index (χ0n) is 19.2. The molecule has 10 nitrogen and oxygen atoms in total. The normalized spacial score (nSPS) is 31.9. The van der Waals surface area contributed by atoms with Gasteiger partial charge in [-0.3, -0.25) is 15.0 Å². The lowest BCUT2D eigenvalue weighted by atomic mass is 9.82. The summed E-state index contributed by atoms with van der Waals surface area (Å²) in [5, 5.41) is 8.00. The Balaban J connectivity index is 1.14. The lowest BCUT2D eigenvalue weighted by Crippen LogP contribution is -2.62. The van der Waals surface area contributed by atoms with Crippen LogP contribution in [0.3, 0.4) is 0 Å². The molecule has 0 radical (unpaired) electrons. The van der Waals surface area contributed by atoms with Gasteiger partial charge in [0.2, 0.25) is 0 Å². The fourth-order valence-electron chi connectivity index (χ4n) is 5.73. The van der Waals surface area contributed by atoms with Crippen LogP contribution in [-0.2, 0) is 16.9 Å². The minimum atomic E-state index is -2.85. The van der Waals surface area contributed by atoms with Crippen molar-refractivity contribution in [2.75, 3.05) is 49.1 Å². The van der Waals surface area contributed by atoms with Crippen LogP contribution in [0.2, 0.25) is 0 Å². The van der Waals surface area contributed by atoms with Crippen molar-refractivity contribution in [3.05, 3.63) is 40.3 Å². The Morgan fingerprint density at radius 1 is 1.15 bits per heavy atom. The maximum atomic E-state index is 11.7. The second kappa shape index (κ2) is 8.82. The molecule has 0 aliphatic carbocycles. The highest BCUT2D eigenvalue weighted by Gasteiger charge is 2.43. The number of piperidine rings is 1. The SMILES string of the molecule is Cn1cc(C2CC3C(CN2)NNC3c2ccc(Br)c(N3CC(N4CCS(=O)(=O)CC4)C3)n2)cn1. The number of halogens is 1. The summed E-state index contributed by atoms with van der Waals surface area (Å²) < 4.78 is 26.4. The molecule has 0 saturated carbocycles. The molecular weight excluding hydrogens is 520 g/mol. The molecule has 2 aromatic rings. The third-order valence-corrected chi connectivity index (χ3v) is 10.0.